The quantitative estimate of drug-likeness (QED) is 0.848. The van der Waals surface area contributed by atoms with Crippen molar-refractivity contribution < 1.29 is 4.74 Å². The SMILES string of the molecule is CNc1nnc(-c2ccc3c(c2)CCO3)n1C. The fourth-order valence-electron chi connectivity index (χ4n) is 2.12. The molecule has 3 rings (SSSR count). The summed E-state index contributed by atoms with van der Waals surface area (Å²) in [4.78, 5) is 0. The standard InChI is InChI=1S/C12H14N4O/c1-13-12-15-14-11(16(12)2)9-3-4-10-8(7-9)5-6-17-10/h3-4,7H,5-6H2,1-2H3,(H,13,15). The molecule has 0 atom stereocenters. The summed E-state index contributed by atoms with van der Waals surface area (Å²) >= 11 is 0. The van der Waals surface area contributed by atoms with Crippen LogP contribution in [0.1, 0.15) is 5.56 Å². The molecular formula is C12H14N4O. The van der Waals surface area contributed by atoms with Gasteiger partial charge in [0, 0.05) is 26.1 Å². The molecular weight excluding hydrogens is 216 g/mol. The summed E-state index contributed by atoms with van der Waals surface area (Å²) in [6, 6.07) is 6.16. The van der Waals surface area contributed by atoms with E-state index in [1.54, 1.807) is 0 Å². The highest BCUT2D eigenvalue weighted by atomic mass is 16.5. The Bertz CT molecular complexity index is 562. The molecule has 0 bridgehead atoms. The fourth-order valence-corrected chi connectivity index (χ4v) is 2.12. The zero-order chi connectivity index (χ0) is 11.8. The molecule has 0 saturated heterocycles. The van der Waals surface area contributed by atoms with Crippen LogP contribution in [0, 0.1) is 0 Å². The molecule has 0 fully saturated rings. The number of fused-ring (bicyclic) bond motifs is 1. The number of ether oxygens (including phenoxy) is 1. The van der Waals surface area contributed by atoms with Crippen LogP contribution in [-0.2, 0) is 13.5 Å². The van der Waals surface area contributed by atoms with E-state index in [1.807, 2.05) is 30.8 Å². The molecule has 5 nitrogen and oxygen atoms in total. The van der Waals surface area contributed by atoms with E-state index in [4.69, 9.17) is 4.74 Å². The van der Waals surface area contributed by atoms with Crippen LogP contribution in [0.25, 0.3) is 11.4 Å². The fraction of sp³-hybridized carbons (Fsp3) is 0.333. The molecule has 2 aromatic rings. The van der Waals surface area contributed by atoms with Gasteiger partial charge in [-0.1, -0.05) is 0 Å². The molecule has 5 heteroatoms. The predicted octanol–water partition coefficient (Wildman–Crippen LogP) is 1.46. The van der Waals surface area contributed by atoms with Gasteiger partial charge in [-0.3, -0.25) is 4.57 Å². The lowest BCUT2D eigenvalue weighted by molar-refractivity contribution is 0.357. The highest BCUT2D eigenvalue weighted by molar-refractivity contribution is 5.61. The average molecular weight is 230 g/mol. The Kier molecular flexibility index (Phi) is 2.24. The molecule has 1 aliphatic heterocycles. The molecule has 2 heterocycles. The van der Waals surface area contributed by atoms with Crippen molar-refractivity contribution >= 4 is 5.95 Å². The monoisotopic (exact) mass is 230 g/mol. The van der Waals surface area contributed by atoms with Gasteiger partial charge in [0.2, 0.25) is 5.95 Å². The summed E-state index contributed by atoms with van der Waals surface area (Å²) in [5, 5.41) is 11.3. The molecule has 1 aromatic carbocycles. The molecule has 0 unspecified atom stereocenters. The number of hydrogen-bond acceptors (Lipinski definition) is 4. The first-order chi connectivity index (χ1) is 8.29. The van der Waals surface area contributed by atoms with Crippen molar-refractivity contribution in [1.29, 1.82) is 0 Å². The third-order valence-corrected chi connectivity index (χ3v) is 3.05. The van der Waals surface area contributed by atoms with Gasteiger partial charge in [0.25, 0.3) is 0 Å². The van der Waals surface area contributed by atoms with E-state index in [2.05, 4.69) is 21.6 Å². The van der Waals surface area contributed by atoms with Gasteiger partial charge in [-0.05, 0) is 23.8 Å². The van der Waals surface area contributed by atoms with Gasteiger partial charge in [-0.15, -0.1) is 10.2 Å². The van der Waals surface area contributed by atoms with E-state index >= 15 is 0 Å². The minimum atomic E-state index is 0.761. The number of hydrogen-bond donors (Lipinski definition) is 1. The van der Waals surface area contributed by atoms with Gasteiger partial charge >= 0.3 is 0 Å². The first-order valence-electron chi connectivity index (χ1n) is 5.63. The van der Waals surface area contributed by atoms with E-state index in [0.29, 0.717) is 0 Å². The van der Waals surface area contributed by atoms with Crippen LogP contribution in [-0.4, -0.2) is 28.4 Å². The van der Waals surface area contributed by atoms with Crippen LogP contribution < -0.4 is 10.1 Å². The average Bonchev–Trinajstić information content (AvgIpc) is 2.94. The van der Waals surface area contributed by atoms with E-state index in [0.717, 1.165) is 36.1 Å². The lowest BCUT2D eigenvalue weighted by Crippen LogP contribution is -1.99. The highest BCUT2D eigenvalue weighted by Gasteiger charge is 2.15. The lowest BCUT2D eigenvalue weighted by atomic mass is 10.1. The minimum Gasteiger partial charge on any atom is -0.493 e. The summed E-state index contributed by atoms with van der Waals surface area (Å²) in [6.07, 6.45) is 0.972. The van der Waals surface area contributed by atoms with Gasteiger partial charge in [-0.2, -0.15) is 0 Å². The molecule has 1 N–H and O–H groups in total. The Labute approximate surface area is 99.4 Å². The topological polar surface area (TPSA) is 52.0 Å². The number of benzene rings is 1. The smallest absolute Gasteiger partial charge is 0.224 e. The maximum atomic E-state index is 5.49. The number of nitrogens with zero attached hydrogens (tertiary/aromatic N) is 3. The Morgan fingerprint density at radius 3 is 3.00 bits per heavy atom. The normalized spacial score (nSPS) is 13.3. The summed E-state index contributed by atoms with van der Waals surface area (Å²) in [6.45, 7) is 0.777. The second-order valence-corrected chi connectivity index (χ2v) is 4.08. The highest BCUT2D eigenvalue weighted by Crippen LogP contribution is 2.30. The summed E-state index contributed by atoms with van der Waals surface area (Å²) in [7, 11) is 3.79. The molecule has 0 saturated carbocycles. The third kappa shape index (κ3) is 1.54. The predicted molar refractivity (Wildman–Crippen MR) is 65.2 cm³/mol. The van der Waals surface area contributed by atoms with Crippen LogP contribution in [0.4, 0.5) is 5.95 Å². The number of nitrogens with one attached hydrogen (secondary N) is 1. The molecule has 88 valence electrons. The zero-order valence-electron chi connectivity index (χ0n) is 9.90. The van der Waals surface area contributed by atoms with Crippen molar-refractivity contribution in [2.45, 2.75) is 6.42 Å². The number of rotatable bonds is 2. The van der Waals surface area contributed by atoms with Crippen molar-refractivity contribution in [1.82, 2.24) is 14.8 Å². The molecule has 0 amide bonds. The Hall–Kier alpha value is -2.04. The van der Waals surface area contributed by atoms with E-state index in [1.165, 1.54) is 5.56 Å². The minimum absolute atomic E-state index is 0.761. The van der Waals surface area contributed by atoms with Crippen molar-refractivity contribution in [2.75, 3.05) is 19.0 Å². The van der Waals surface area contributed by atoms with Gasteiger partial charge in [-0.25, -0.2) is 0 Å². The lowest BCUT2D eigenvalue weighted by Gasteiger charge is -2.05. The molecule has 0 aliphatic carbocycles. The van der Waals surface area contributed by atoms with Gasteiger partial charge < -0.3 is 10.1 Å². The molecule has 0 radical (unpaired) electrons. The second-order valence-electron chi connectivity index (χ2n) is 4.08. The van der Waals surface area contributed by atoms with E-state index in [9.17, 15) is 0 Å². The molecule has 17 heavy (non-hydrogen) atoms. The zero-order valence-corrected chi connectivity index (χ0v) is 9.90. The summed E-state index contributed by atoms with van der Waals surface area (Å²) in [5.41, 5.74) is 2.32. The molecule has 1 aliphatic rings. The summed E-state index contributed by atoms with van der Waals surface area (Å²) in [5.74, 6) is 2.62. The van der Waals surface area contributed by atoms with Crippen LogP contribution in [0.5, 0.6) is 5.75 Å². The maximum Gasteiger partial charge on any atom is 0.224 e. The maximum absolute atomic E-state index is 5.49. The second kappa shape index (κ2) is 3.76. The van der Waals surface area contributed by atoms with Gasteiger partial charge in [0.05, 0.1) is 6.61 Å². The third-order valence-electron chi connectivity index (χ3n) is 3.05. The molecule has 0 spiro atoms. The van der Waals surface area contributed by atoms with Crippen molar-refractivity contribution in [3.8, 4) is 17.1 Å². The number of anilines is 1. The van der Waals surface area contributed by atoms with Crippen molar-refractivity contribution in [2.24, 2.45) is 7.05 Å². The molecule has 1 aromatic heterocycles. The largest absolute Gasteiger partial charge is 0.493 e. The Morgan fingerprint density at radius 2 is 2.24 bits per heavy atom. The first-order valence-corrected chi connectivity index (χ1v) is 5.63. The Morgan fingerprint density at radius 1 is 1.35 bits per heavy atom. The summed E-state index contributed by atoms with van der Waals surface area (Å²) < 4.78 is 7.43. The van der Waals surface area contributed by atoms with Crippen LogP contribution in [0.2, 0.25) is 0 Å². The Balaban J connectivity index is 2.06. The van der Waals surface area contributed by atoms with Gasteiger partial charge in [0.1, 0.15) is 5.75 Å². The first kappa shape index (κ1) is 10.1. The van der Waals surface area contributed by atoms with E-state index in [-0.39, 0.29) is 0 Å². The van der Waals surface area contributed by atoms with Crippen LogP contribution in [0.15, 0.2) is 18.2 Å². The van der Waals surface area contributed by atoms with Crippen LogP contribution in [0.3, 0.4) is 0 Å². The van der Waals surface area contributed by atoms with Crippen molar-refractivity contribution in [3.05, 3.63) is 23.8 Å². The van der Waals surface area contributed by atoms with Crippen molar-refractivity contribution in [3.63, 3.8) is 0 Å². The van der Waals surface area contributed by atoms with E-state index < -0.39 is 0 Å². The number of aromatic nitrogens is 3. The van der Waals surface area contributed by atoms with Crippen LogP contribution >= 0.6 is 0 Å². The van der Waals surface area contributed by atoms with Gasteiger partial charge in [0.15, 0.2) is 5.82 Å².